The number of hydrogen-bond acceptors (Lipinski definition) is 3. The molecule has 0 spiro atoms. The van der Waals surface area contributed by atoms with E-state index in [-0.39, 0.29) is 5.78 Å². The molecule has 0 heterocycles. The van der Waals surface area contributed by atoms with Gasteiger partial charge in [0.1, 0.15) is 18.1 Å². The number of allylic oxidation sites excluding steroid dienone is 1. The Kier molecular flexibility index (Phi) is 6.18. The van der Waals surface area contributed by atoms with E-state index in [1.165, 1.54) is 0 Å². The first-order chi connectivity index (χ1) is 11.2. The van der Waals surface area contributed by atoms with Gasteiger partial charge in [-0.1, -0.05) is 30.9 Å². The summed E-state index contributed by atoms with van der Waals surface area (Å²) in [5.74, 6) is 1.46. The molecule has 2 aromatic carbocycles. The van der Waals surface area contributed by atoms with Gasteiger partial charge >= 0.3 is 0 Å². The zero-order valence-corrected chi connectivity index (χ0v) is 13.2. The second kappa shape index (κ2) is 8.59. The minimum atomic E-state index is -0.0505. The fourth-order valence-corrected chi connectivity index (χ4v) is 2.01. The van der Waals surface area contributed by atoms with E-state index in [1.807, 2.05) is 31.2 Å². The molecule has 23 heavy (non-hydrogen) atoms. The van der Waals surface area contributed by atoms with Crippen LogP contribution in [0.25, 0.3) is 6.08 Å². The summed E-state index contributed by atoms with van der Waals surface area (Å²) in [6.45, 7) is 6.61. The molecule has 0 aliphatic carbocycles. The van der Waals surface area contributed by atoms with Crippen molar-refractivity contribution in [2.24, 2.45) is 0 Å². The molecule has 3 nitrogen and oxygen atoms in total. The zero-order valence-electron chi connectivity index (χ0n) is 13.2. The first-order valence-electron chi connectivity index (χ1n) is 7.52. The van der Waals surface area contributed by atoms with Crippen molar-refractivity contribution in [2.45, 2.75) is 6.92 Å². The predicted molar refractivity (Wildman–Crippen MR) is 93.1 cm³/mol. The predicted octanol–water partition coefficient (Wildman–Crippen LogP) is 4.55. The molecule has 118 valence electrons. The van der Waals surface area contributed by atoms with Crippen LogP contribution in [0.2, 0.25) is 0 Å². The molecule has 2 aromatic rings. The Morgan fingerprint density at radius 3 is 2.57 bits per heavy atom. The van der Waals surface area contributed by atoms with Crippen molar-refractivity contribution in [3.05, 3.63) is 78.4 Å². The molecular weight excluding hydrogens is 288 g/mol. The number of carbonyl (C=O) groups excluding carboxylic acids is 1. The minimum absolute atomic E-state index is 0.0505. The largest absolute Gasteiger partial charge is 0.494 e. The first kappa shape index (κ1) is 16.6. The molecule has 0 aliphatic heterocycles. The summed E-state index contributed by atoms with van der Waals surface area (Å²) in [6, 6.07) is 14.7. The van der Waals surface area contributed by atoms with Crippen molar-refractivity contribution < 1.29 is 14.3 Å². The van der Waals surface area contributed by atoms with Crippen LogP contribution in [0.4, 0.5) is 0 Å². The molecule has 0 amide bonds. The quantitative estimate of drug-likeness (QED) is 0.408. The van der Waals surface area contributed by atoms with Crippen molar-refractivity contribution in [1.82, 2.24) is 0 Å². The van der Waals surface area contributed by atoms with Gasteiger partial charge in [-0.05, 0) is 55.0 Å². The highest BCUT2D eigenvalue weighted by molar-refractivity contribution is 6.06. The van der Waals surface area contributed by atoms with E-state index in [0.29, 0.717) is 18.8 Å². The van der Waals surface area contributed by atoms with Crippen LogP contribution in [0.5, 0.6) is 11.5 Å². The highest BCUT2D eigenvalue weighted by Crippen LogP contribution is 2.16. The van der Waals surface area contributed by atoms with Gasteiger partial charge in [0, 0.05) is 5.56 Å². The monoisotopic (exact) mass is 308 g/mol. The van der Waals surface area contributed by atoms with Crippen molar-refractivity contribution in [3.63, 3.8) is 0 Å². The Balaban J connectivity index is 2.04. The van der Waals surface area contributed by atoms with Crippen LogP contribution in [-0.2, 0) is 0 Å². The summed E-state index contributed by atoms with van der Waals surface area (Å²) in [6.07, 6.45) is 5.03. The molecular formula is C20H20O3. The van der Waals surface area contributed by atoms with Crippen LogP contribution in [-0.4, -0.2) is 19.0 Å². The number of ketones is 1. The molecule has 0 aromatic heterocycles. The number of carbonyl (C=O) groups is 1. The van der Waals surface area contributed by atoms with Crippen LogP contribution < -0.4 is 9.47 Å². The van der Waals surface area contributed by atoms with E-state index in [0.717, 1.165) is 17.1 Å². The van der Waals surface area contributed by atoms with Crippen molar-refractivity contribution >= 4 is 11.9 Å². The molecule has 0 saturated carbocycles. The minimum Gasteiger partial charge on any atom is -0.494 e. The number of rotatable bonds is 8. The Hall–Kier alpha value is -2.81. The van der Waals surface area contributed by atoms with E-state index in [1.54, 1.807) is 42.5 Å². The maximum atomic E-state index is 12.2. The highest BCUT2D eigenvalue weighted by Gasteiger charge is 2.02. The third-order valence-electron chi connectivity index (χ3n) is 3.10. The summed E-state index contributed by atoms with van der Waals surface area (Å²) < 4.78 is 10.8. The maximum absolute atomic E-state index is 12.2. The van der Waals surface area contributed by atoms with Crippen molar-refractivity contribution in [1.29, 1.82) is 0 Å². The van der Waals surface area contributed by atoms with Gasteiger partial charge in [-0.2, -0.15) is 0 Å². The van der Waals surface area contributed by atoms with Crippen LogP contribution in [0.1, 0.15) is 22.8 Å². The summed E-state index contributed by atoms with van der Waals surface area (Å²) in [4.78, 5) is 12.2. The van der Waals surface area contributed by atoms with Gasteiger partial charge in [0.05, 0.1) is 6.61 Å². The lowest BCUT2D eigenvalue weighted by Gasteiger charge is -2.04. The fourth-order valence-electron chi connectivity index (χ4n) is 2.01. The van der Waals surface area contributed by atoms with Gasteiger partial charge in [0.2, 0.25) is 0 Å². The Labute approximate surface area is 136 Å². The van der Waals surface area contributed by atoms with Gasteiger partial charge in [0.15, 0.2) is 5.78 Å². The molecule has 0 atom stereocenters. The lowest BCUT2D eigenvalue weighted by molar-refractivity contribution is 0.104. The number of hydrogen-bond donors (Lipinski definition) is 0. The molecule has 0 radical (unpaired) electrons. The molecule has 0 fully saturated rings. The second-order valence-electron chi connectivity index (χ2n) is 4.83. The average molecular weight is 308 g/mol. The number of benzene rings is 2. The summed E-state index contributed by atoms with van der Waals surface area (Å²) in [5.41, 5.74) is 1.54. The highest BCUT2D eigenvalue weighted by atomic mass is 16.5. The van der Waals surface area contributed by atoms with E-state index < -0.39 is 0 Å². The lowest BCUT2D eigenvalue weighted by Crippen LogP contribution is -1.96. The summed E-state index contributed by atoms with van der Waals surface area (Å²) in [5, 5.41) is 0. The topological polar surface area (TPSA) is 35.5 Å². The Morgan fingerprint density at radius 2 is 1.87 bits per heavy atom. The standard InChI is InChI=1S/C20H20O3/c1-3-14-23-19-7-5-6-16(15-19)8-13-20(21)17-9-11-18(12-10-17)22-4-2/h3,5-13,15H,1,4,14H2,2H3/b13-8+. The van der Waals surface area contributed by atoms with Crippen molar-refractivity contribution in [2.75, 3.05) is 13.2 Å². The zero-order chi connectivity index (χ0) is 16.5. The molecule has 0 N–H and O–H groups in total. The third-order valence-corrected chi connectivity index (χ3v) is 3.10. The number of ether oxygens (including phenoxy) is 2. The molecule has 0 aliphatic rings. The fraction of sp³-hybridized carbons (Fsp3) is 0.150. The molecule has 0 saturated heterocycles. The Bertz CT molecular complexity index is 684. The van der Waals surface area contributed by atoms with Crippen LogP contribution in [0, 0.1) is 0 Å². The van der Waals surface area contributed by atoms with Crippen molar-refractivity contribution in [3.8, 4) is 11.5 Å². The molecule has 2 rings (SSSR count). The molecule has 0 bridgehead atoms. The maximum Gasteiger partial charge on any atom is 0.185 e. The van der Waals surface area contributed by atoms with E-state index >= 15 is 0 Å². The molecule has 3 heteroatoms. The van der Waals surface area contributed by atoms with E-state index in [4.69, 9.17) is 9.47 Å². The first-order valence-corrected chi connectivity index (χ1v) is 7.52. The van der Waals surface area contributed by atoms with Crippen LogP contribution in [0.3, 0.4) is 0 Å². The summed E-state index contributed by atoms with van der Waals surface area (Å²) >= 11 is 0. The SMILES string of the molecule is C=CCOc1cccc(/C=C/C(=O)c2ccc(OCC)cc2)c1. The van der Waals surface area contributed by atoms with E-state index in [9.17, 15) is 4.79 Å². The van der Waals surface area contributed by atoms with Crippen LogP contribution in [0.15, 0.2) is 67.3 Å². The van der Waals surface area contributed by atoms with E-state index in [2.05, 4.69) is 6.58 Å². The van der Waals surface area contributed by atoms with Crippen LogP contribution >= 0.6 is 0 Å². The summed E-state index contributed by atoms with van der Waals surface area (Å²) in [7, 11) is 0. The Morgan fingerprint density at radius 1 is 1.09 bits per heavy atom. The normalized spacial score (nSPS) is 10.5. The smallest absolute Gasteiger partial charge is 0.185 e. The van der Waals surface area contributed by atoms with Gasteiger partial charge in [0.25, 0.3) is 0 Å². The van der Waals surface area contributed by atoms with Gasteiger partial charge in [-0.25, -0.2) is 0 Å². The lowest BCUT2D eigenvalue weighted by atomic mass is 10.1. The molecule has 0 unspecified atom stereocenters. The second-order valence-corrected chi connectivity index (χ2v) is 4.83. The average Bonchev–Trinajstić information content (AvgIpc) is 2.59. The third kappa shape index (κ3) is 5.15. The van der Waals surface area contributed by atoms with Gasteiger partial charge in [-0.15, -0.1) is 0 Å². The van der Waals surface area contributed by atoms with Gasteiger partial charge < -0.3 is 9.47 Å². The van der Waals surface area contributed by atoms with Gasteiger partial charge in [-0.3, -0.25) is 4.79 Å².